The van der Waals surface area contributed by atoms with Crippen LogP contribution in [-0.2, 0) is 6.54 Å². The number of rotatable bonds is 5. The average Bonchev–Trinajstić information content (AvgIpc) is 3.14. The summed E-state index contributed by atoms with van der Waals surface area (Å²) in [7, 11) is 1.45. The second-order valence-corrected chi connectivity index (χ2v) is 4.76. The summed E-state index contributed by atoms with van der Waals surface area (Å²) in [5.41, 5.74) is 1.85. The van der Waals surface area contributed by atoms with Crippen molar-refractivity contribution < 1.29 is 9.13 Å². The van der Waals surface area contributed by atoms with E-state index >= 15 is 0 Å². The zero-order valence-electron chi connectivity index (χ0n) is 10.7. The molecule has 0 unspecified atom stereocenters. The van der Waals surface area contributed by atoms with Crippen LogP contribution < -0.4 is 10.1 Å². The summed E-state index contributed by atoms with van der Waals surface area (Å²) in [6, 6.07) is 5.39. The zero-order valence-corrected chi connectivity index (χ0v) is 10.7. The highest BCUT2D eigenvalue weighted by Gasteiger charge is 2.20. The predicted octanol–water partition coefficient (Wildman–Crippen LogP) is 2.48. The van der Waals surface area contributed by atoms with Crippen LogP contribution in [0.3, 0.4) is 0 Å². The number of methoxy groups -OCH3 is 1. The molecule has 4 nitrogen and oxygen atoms in total. The minimum absolute atomic E-state index is 0.228. The van der Waals surface area contributed by atoms with Crippen molar-refractivity contribution in [3.05, 3.63) is 35.9 Å². The number of halogens is 1. The molecule has 2 aromatic rings. The molecule has 5 heteroatoms. The third kappa shape index (κ3) is 2.76. The van der Waals surface area contributed by atoms with Crippen LogP contribution >= 0.6 is 0 Å². The van der Waals surface area contributed by atoms with Crippen LogP contribution in [0.1, 0.15) is 18.5 Å². The molecule has 0 saturated heterocycles. The van der Waals surface area contributed by atoms with Gasteiger partial charge >= 0.3 is 0 Å². The van der Waals surface area contributed by atoms with Crippen molar-refractivity contribution in [1.29, 1.82) is 0 Å². The third-order valence-corrected chi connectivity index (χ3v) is 3.21. The summed E-state index contributed by atoms with van der Waals surface area (Å²) in [6.45, 7) is 0.788. The quantitative estimate of drug-likeness (QED) is 0.869. The predicted molar refractivity (Wildman–Crippen MR) is 70.4 cm³/mol. The summed E-state index contributed by atoms with van der Waals surface area (Å²) in [5, 5.41) is 3.41. The number of aromatic amines is 1. The van der Waals surface area contributed by atoms with Gasteiger partial charge < -0.3 is 15.0 Å². The van der Waals surface area contributed by atoms with Crippen LogP contribution in [0.5, 0.6) is 5.75 Å². The van der Waals surface area contributed by atoms with Gasteiger partial charge in [0, 0.05) is 30.0 Å². The minimum Gasteiger partial charge on any atom is -0.494 e. The molecule has 0 radical (unpaired) electrons. The number of benzene rings is 1. The van der Waals surface area contributed by atoms with Crippen molar-refractivity contribution >= 4 is 0 Å². The molecule has 0 atom stereocenters. The highest BCUT2D eigenvalue weighted by molar-refractivity contribution is 5.58. The van der Waals surface area contributed by atoms with E-state index in [2.05, 4.69) is 15.3 Å². The van der Waals surface area contributed by atoms with Crippen molar-refractivity contribution in [1.82, 2.24) is 15.3 Å². The van der Waals surface area contributed by atoms with Crippen LogP contribution in [-0.4, -0.2) is 23.1 Å². The summed E-state index contributed by atoms with van der Waals surface area (Å²) in [6.07, 6.45) is 4.33. The molecule has 0 aliphatic heterocycles. The third-order valence-electron chi connectivity index (χ3n) is 3.21. The lowest BCUT2D eigenvalue weighted by Gasteiger charge is -2.03. The molecule has 1 aromatic heterocycles. The Kier molecular flexibility index (Phi) is 3.21. The van der Waals surface area contributed by atoms with Crippen LogP contribution in [0.15, 0.2) is 24.4 Å². The lowest BCUT2D eigenvalue weighted by Crippen LogP contribution is -2.15. The highest BCUT2D eigenvalue weighted by Crippen LogP contribution is 2.24. The maximum absolute atomic E-state index is 13.3. The van der Waals surface area contributed by atoms with E-state index in [0.29, 0.717) is 6.04 Å². The van der Waals surface area contributed by atoms with E-state index < -0.39 is 0 Å². The molecule has 1 saturated carbocycles. The minimum atomic E-state index is -0.367. The van der Waals surface area contributed by atoms with Gasteiger partial charge in [-0.2, -0.15) is 0 Å². The van der Waals surface area contributed by atoms with E-state index in [9.17, 15) is 4.39 Å². The Morgan fingerprint density at radius 1 is 1.47 bits per heavy atom. The van der Waals surface area contributed by atoms with Crippen LogP contribution in [0, 0.1) is 5.82 Å². The first-order valence-electron chi connectivity index (χ1n) is 6.37. The average molecular weight is 261 g/mol. The van der Waals surface area contributed by atoms with Crippen molar-refractivity contribution in [3.63, 3.8) is 0 Å². The first-order valence-corrected chi connectivity index (χ1v) is 6.37. The number of hydrogen-bond donors (Lipinski definition) is 2. The Morgan fingerprint density at radius 3 is 3.05 bits per heavy atom. The summed E-state index contributed by atoms with van der Waals surface area (Å²) in [5.74, 6) is 0.589. The first kappa shape index (κ1) is 12.2. The van der Waals surface area contributed by atoms with Gasteiger partial charge in [-0.25, -0.2) is 9.37 Å². The van der Waals surface area contributed by atoms with E-state index in [1.165, 1.54) is 26.0 Å². The number of imidazole rings is 1. The molecule has 2 N–H and O–H groups in total. The van der Waals surface area contributed by atoms with Crippen LogP contribution in [0.4, 0.5) is 4.39 Å². The number of ether oxygens (including phenoxy) is 1. The fourth-order valence-electron chi connectivity index (χ4n) is 1.94. The first-order chi connectivity index (χ1) is 9.26. The lowest BCUT2D eigenvalue weighted by atomic mass is 10.2. The molecule has 3 rings (SSSR count). The summed E-state index contributed by atoms with van der Waals surface area (Å²) < 4.78 is 18.3. The topological polar surface area (TPSA) is 49.9 Å². The zero-order chi connectivity index (χ0) is 13.2. The van der Waals surface area contributed by atoms with Gasteiger partial charge in [-0.15, -0.1) is 0 Å². The Morgan fingerprint density at radius 2 is 2.32 bits per heavy atom. The molecule has 19 heavy (non-hydrogen) atoms. The molecule has 1 aliphatic carbocycles. The van der Waals surface area contributed by atoms with Crippen molar-refractivity contribution in [2.75, 3.05) is 7.11 Å². The fourth-order valence-corrected chi connectivity index (χ4v) is 1.94. The van der Waals surface area contributed by atoms with E-state index in [4.69, 9.17) is 4.74 Å². The normalized spacial score (nSPS) is 14.6. The number of aromatic nitrogens is 2. The van der Waals surface area contributed by atoms with Gasteiger partial charge in [-0.05, 0) is 31.0 Å². The molecule has 1 aliphatic rings. The van der Waals surface area contributed by atoms with Crippen LogP contribution in [0.25, 0.3) is 11.4 Å². The Balaban J connectivity index is 1.77. The van der Waals surface area contributed by atoms with Gasteiger partial charge in [0.25, 0.3) is 0 Å². The Hall–Kier alpha value is -1.88. The molecular weight excluding hydrogens is 245 g/mol. The second-order valence-electron chi connectivity index (χ2n) is 4.76. The van der Waals surface area contributed by atoms with Gasteiger partial charge in [0.2, 0.25) is 0 Å². The standard InChI is InChI=1S/C14H16FN3O/c1-19-13-6-9(2-5-12(13)15)14-17-8-11(18-14)7-16-10-3-4-10/h2,5-6,8,10,16H,3-4,7H2,1H3,(H,17,18). The molecule has 1 aromatic carbocycles. The van der Waals surface area contributed by atoms with Gasteiger partial charge in [0.1, 0.15) is 5.82 Å². The van der Waals surface area contributed by atoms with Gasteiger partial charge in [-0.1, -0.05) is 0 Å². The van der Waals surface area contributed by atoms with Gasteiger partial charge in [0.05, 0.1) is 7.11 Å². The van der Waals surface area contributed by atoms with Crippen LogP contribution in [0.2, 0.25) is 0 Å². The maximum atomic E-state index is 13.3. The SMILES string of the molecule is COc1cc(-c2ncc(CNC3CC3)[nH]2)ccc1F. The van der Waals surface area contributed by atoms with E-state index in [-0.39, 0.29) is 11.6 Å². The number of H-pyrrole nitrogens is 1. The lowest BCUT2D eigenvalue weighted by molar-refractivity contribution is 0.387. The van der Waals surface area contributed by atoms with Crippen molar-refractivity contribution in [2.24, 2.45) is 0 Å². The fraction of sp³-hybridized carbons (Fsp3) is 0.357. The Labute approximate surface area is 111 Å². The largest absolute Gasteiger partial charge is 0.494 e. The van der Waals surface area contributed by atoms with Crippen molar-refractivity contribution in [3.8, 4) is 17.1 Å². The maximum Gasteiger partial charge on any atom is 0.165 e. The number of nitrogens with zero attached hydrogens (tertiary/aromatic N) is 1. The van der Waals surface area contributed by atoms with E-state index in [1.54, 1.807) is 18.3 Å². The van der Waals surface area contributed by atoms with Gasteiger partial charge in [-0.3, -0.25) is 0 Å². The number of nitrogens with one attached hydrogen (secondary N) is 2. The molecule has 0 bridgehead atoms. The monoisotopic (exact) mass is 261 g/mol. The molecule has 100 valence electrons. The second kappa shape index (κ2) is 5.01. The summed E-state index contributed by atoms with van der Waals surface area (Å²) >= 11 is 0. The molecule has 0 amide bonds. The molecular formula is C14H16FN3O. The van der Waals surface area contributed by atoms with Crippen molar-refractivity contribution in [2.45, 2.75) is 25.4 Å². The summed E-state index contributed by atoms with van der Waals surface area (Å²) in [4.78, 5) is 7.55. The smallest absolute Gasteiger partial charge is 0.165 e. The van der Waals surface area contributed by atoms with Gasteiger partial charge in [0.15, 0.2) is 11.6 Å². The van der Waals surface area contributed by atoms with E-state index in [1.807, 2.05) is 0 Å². The van der Waals surface area contributed by atoms with E-state index in [0.717, 1.165) is 23.6 Å². The Bertz CT molecular complexity index is 578. The number of hydrogen-bond acceptors (Lipinski definition) is 3. The molecule has 1 fully saturated rings. The molecule has 0 spiro atoms. The highest BCUT2D eigenvalue weighted by atomic mass is 19.1. The molecule has 1 heterocycles.